The molecule has 0 aromatic carbocycles. The number of carbonyl (C=O) groups is 2. The minimum Gasteiger partial charge on any atom is -0.462 e. The smallest absolute Gasteiger partial charge is 0.462 e. The van der Waals surface area contributed by atoms with E-state index in [9.17, 15) is 14.2 Å². The second kappa shape index (κ2) is 36.3. The number of ether oxygens (including phenoxy) is 2. The fourth-order valence-electron chi connectivity index (χ4n) is 4.86. The Morgan fingerprint density at radius 3 is 1.48 bits per heavy atom. The number of allylic oxidation sites excluding steroid dienone is 12. The molecule has 0 heterocycles. The average molecular weight is 721 g/mol. The maximum atomic E-state index is 12.4. The maximum absolute atomic E-state index is 12.4. The van der Waals surface area contributed by atoms with E-state index in [0.29, 0.717) is 12.8 Å². The normalized spacial score (nSPS) is 13.3. The van der Waals surface area contributed by atoms with Gasteiger partial charge in [-0.15, -0.1) is 0 Å². The Balaban J connectivity index is 4.07. The molecule has 9 heteroatoms. The summed E-state index contributed by atoms with van der Waals surface area (Å²) in [6.07, 6.45) is 46.2. The van der Waals surface area contributed by atoms with Crippen LogP contribution in [0.4, 0.5) is 0 Å². The molecule has 0 radical (unpaired) electrons. The average Bonchev–Trinajstić information content (AvgIpc) is 3.08. The van der Waals surface area contributed by atoms with E-state index in [-0.39, 0.29) is 19.4 Å². The van der Waals surface area contributed by atoms with Gasteiger partial charge in [0.15, 0.2) is 6.10 Å². The van der Waals surface area contributed by atoms with Crippen LogP contribution in [-0.4, -0.2) is 41.0 Å². The minimum absolute atomic E-state index is 0.167. The maximum Gasteiger partial charge on any atom is 0.469 e. The Morgan fingerprint density at radius 2 is 0.960 bits per heavy atom. The first-order valence-corrected chi connectivity index (χ1v) is 20.8. The lowest BCUT2D eigenvalue weighted by Crippen LogP contribution is -2.29. The molecule has 286 valence electrons. The predicted molar refractivity (Wildman–Crippen MR) is 207 cm³/mol. The van der Waals surface area contributed by atoms with Crippen molar-refractivity contribution < 1.29 is 37.9 Å². The van der Waals surface area contributed by atoms with E-state index in [2.05, 4.69) is 91.3 Å². The van der Waals surface area contributed by atoms with Crippen LogP contribution >= 0.6 is 7.82 Å². The highest BCUT2D eigenvalue weighted by atomic mass is 31.2. The van der Waals surface area contributed by atoms with Crippen LogP contribution in [0.3, 0.4) is 0 Å². The van der Waals surface area contributed by atoms with Gasteiger partial charge in [0.25, 0.3) is 0 Å². The number of phosphoric acid groups is 1. The van der Waals surface area contributed by atoms with Crippen LogP contribution in [0.25, 0.3) is 0 Å². The summed E-state index contributed by atoms with van der Waals surface area (Å²) in [4.78, 5) is 42.7. The molecule has 0 aliphatic rings. The molecule has 2 N–H and O–H groups in total. The zero-order valence-corrected chi connectivity index (χ0v) is 32.2. The molecule has 0 rings (SSSR count). The van der Waals surface area contributed by atoms with Crippen molar-refractivity contribution in [3.63, 3.8) is 0 Å². The van der Waals surface area contributed by atoms with Gasteiger partial charge < -0.3 is 19.3 Å². The first-order valence-electron chi connectivity index (χ1n) is 19.2. The van der Waals surface area contributed by atoms with Crippen molar-refractivity contribution in [2.45, 2.75) is 161 Å². The molecule has 8 nitrogen and oxygen atoms in total. The fraction of sp³-hybridized carbons (Fsp3) is 0.659. The topological polar surface area (TPSA) is 119 Å². The van der Waals surface area contributed by atoms with Crippen LogP contribution in [0.15, 0.2) is 72.9 Å². The van der Waals surface area contributed by atoms with E-state index >= 15 is 0 Å². The van der Waals surface area contributed by atoms with E-state index in [4.69, 9.17) is 19.3 Å². The zero-order valence-electron chi connectivity index (χ0n) is 31.3. The molecular formula is C41H69O8P. The third-order valence-corrected chi connectivity index (χ3v) is 8.19. The number of rotatable bonds is 34. The van der Waals surface area contributed by atoms with E-state index in [1.54, 1.807) is 0 Å². The Kier molecular flexibility index (Phi) is 34.5. The first kappa shape index (κ1) is 47.5. The van der Waals surface area contributed by atoms with Gasteiger partial charge >= 0.3 is 19.8 Å². The molecule has 0 unspecified atom stereocenters. The van der Waals surface area contributed by atoms with Crippen LogP contribution < -0.4 is 0 Å². The molecule has 0 aliphatic heterocycles. The quantitative estimate of drug-likeness (QED) is 0.0292. The molecule has 0 fully saturated rings. The van der Waals surface area contributed by atoms with Crippen molar-refractivity contribution in [2.24, 2.45) is 0 Å². The summed E-state index contributed by atoms with van der Waals surface area (Å²) in [5.41, 5.74) is 0. The van der Waals surface area contributed by atoms with Gasteiger partial charge in [-0.05, 0) is 83.5 Å². The molecule has 0 aromatic rings. The molecule has 0 spiro atoms. The van der Waals surface area contributed by atoms with Crippen LogP contribution in [0, 0.1) is 0 Å². The molecule has 0 saturated heterocycles. The van der Waals surface area contributed by atoms with Crippen molar-refractivity contribution in [1.82, 2.24) is 0 Å². The number of esters is 2. The van der Waals surface area contributed by atoms with E-state index in [1.165, 1.54) is 32.1 Å². The first-order chi connectivity index (χ1) is 24.3. The summed E-state index contributed by atoms with van der Waals surface area (Å²) in [5, 5.41) is 0. The van der Waals surface area contributed by atoms with Crippen molar-refractivity contribution in [1.29, 1.82) is 0 Å². The summed E-state index contributed by atoms with van der Waals surface area (Å²) in [6, 6.07) is 0. The largest absolute Gasteiger partial charge is 0.469 e. The highest BCUT2D eigenvalue weighted by Crippen LogP contribution is 2.36. The third-order valence-electron chi connectivity index (χ3n) is 7.71. The van der Waals surface area contributed by atoms with Crippen LogP contribution in [0.2, 0.25) is 0 Å². The number of carbonyl (C=O) groups excluding carboxylic acids is 2. The summed E-state index contributed by atoms with van der Waals surface area (Å²) < 4.78 is 26.3. The summed E-state index contributed by atoms with van der Waals surface area (Å²) in [6.45, 7) is 3.50. The molecule has 0 amide bonds. The summed E-state index contributed by atoms with van der Waals surface area (Å²) in [7, 11) is -4.77. The van der Waals surface area contributed by atoms with E-state index in [0.717, 1.165) is 83.5 Å². The standard InChI is InChI=1S/C41H69O8P/c1-3-5-7-9-11-13-15-17-18-19-20-21-22-24-26-28-30-32-34-36-41(43)49-39(38-48-50(44,45)46)37-47-40(42)35-33-31-29-27-25-23-16-14-12-10-8-6-4-2/h5,7,11,13-14,16-18,20-21,24,26,39H,3-4,6,8-10,12,15,19,22-23,25,27-38H2,1-2H3,(H2,44,45,46)/b7-5+,13-11+,16-14+,18-17+,21-20+,26-24+/t39-/m1/s1. The molecule has 0 bridgehead atoms. The molecule has 1 atom stereocenters. The Labute approximate surface area is 304 Å². The van der Waals surface area contributed by atoms with Gasteiger partial charge in [0.1, 0.15) is 6.61 Å². The molecular weight excluding hydrogens is 651 g/mol. The lowest BCUT2D eigenvalue weighted by Gasteiger charge is -2.18. The number of hydrogen-bond donors (Lipinski definition) is 2. The minimum atomic E-state index is -4.77. The monoisotopic (exact) mass is 720 g/mol. The van der Waals surface area contributed by atoms with Gasteiger partial charge in [0.2, 0.25) is 0 Å². The van der Waals surface area contributed by atoms with Crippen LogP contribution in [0.5, 0.6) is 0 Å². The Morgan fingerprint density at radius 1 is 0.540 bits per heavy atom. The van der Waals surface area contributed by atoms with Crippen molar-refractivity contribution in [2.75, 3.05) is 13.2 Å². The molecule has 0 aromatic heterocycles. The number of unbranched alkanes of at least 4 members (excludes halogenated alkanes) is 12. The second-order valence-electron chi connectivity index (χ2n) is 12.5. The van der Waals surface area contributed by atoms with Gasteiger partial charge in [0, 0.05) is 12.8 Å². The predicted octanol–water partition coefficient (Wildman–Crippen LogP) is 11.5. The summed E-state index contributed by atoms with van der Waals surface area (Å²) >= 11 is 0. The van der Waals surface area contributed by atoms with Gasteiger partial charge in [-0.1, -0.05) is 132 Å². The third kappa shape index (κ3) is 38.3. The van der Waals surface area contributed by atoms with Crippen molar-refractivity contribution in [3.05, 3.63) is 72.9 Å². The molecule has 50 heavy (non-hydrogen) atoms. The highest BCUT2D eigenvalue weighted by Gasteiger charge is 2.22. The van der Waals surface area contributed by atoms with Crippen molar-refractivity contribution >= 4 is 19.8 Å². The lowest BCUT2D eigenvalue weighted by molar-refractivity contribution is -0.161. The Bertz CT molecular complexity index is 1040. The number of hydrogen-bond acceptors (Lipinski definition) is 6. The molecule has 0 saturated carbocycles. The number of phosphoric ester groups is 1. The Hall–Kier alpha value is -2.51. The van der Waals surface area contributed by atoms with Gasteiger partial charge in [-0.3, -0.25) is 14.1 Å². The fourth-order valence-corrected chi connectivity index (χ4v) is 5.22. The van der Waals surface area contributed by atoms with Gasteiger partial charge in [-0.25, -0.2) is 4.57 Å². The van der Waals surface area contributed by atoms with Crippen molar-refractivity contribution in [3.8, 4) is 0 Å². The lowest BCUT2D eigenvalue weighted by atomic mass is 10.1. The molecule has 0 aliphatic carbocycles. The van der Waals surface area contributed by atoms with Gasteiger partial charge in [0.05, 0.1) is 6.61 Å². The van der Waals surface area contributed by atoms with Crippen LogP contribution in [0.1, 0.15) is 155 Å². The second-order valence-corrected chi connectivity index (χ2v) is 13.8. The van der Waals surface area contributed by atoms with Crippen LogP contribution in [-0.2, 0) is 28.2 Å². The van der Waals surface area contributed by atoms with E-state index in [1.807, 2.05) is 0 Å². The summed E-state index contributed by atoms with van der Waals surface area (Å²) in [5.74, 6) is -0.940. The van der Waals surface area contributed by atoms with E-state index < -0.39 is 32.5 Å². The zero-order chi connectivity index (χ0) is 36.8. The SMILES string of the molecule is CC/C=C/C/C=C/C/C=C/C/C=C/C/C=C/CCCCCC(=O)O[C@H](COC(=O)CCCCCCC/C=C/CCCCCC)COP(=O)(O)O. The van der Waals surface area contributed by atoms with Gasteiger partial charge in [-0.2, -0.15) is 0 Å². The highest BCUT2D eigenvalue weighted by molar-refractivity contribution is 7.46.